The van der Waals surface area contributed by atoms with E-state index in [1.165, 1.54) is 51.0 Å². The zero-order valence-electron chi connectivity index (χ0n) is 14.2. The number of aliphatic hydroxyl groups excluding tert-OH is 1. The number of hydrogen-bond donors (Lipinski definition) is 2. The number of aliphatic carboxylic acids is 1. The first-order valence-electron chi connectivity index (χ1n) is 8.47. The molecule has 0 bridgehead atoms. The largest absolute Gasteiger partial charge is 0.508 e. The van der Waals surface area contributed by atoms with E-state index in [0.29, 0.717) is 0 Å². The Balaban J connectivity index is 3.73. The minimum atomic E-state index is -0.979. The zero-order chi connectivity index (χ0) is 17.2. The van der Waals surface area contributed by atoms with Gasteiger partial charge in [0.1, 0.15) is 5.76 Å². The van der Waals surface area contributed by atoms with E-state index in [2.05, 4.69) is 13.0 Å². The first-order valence-corrected chi connectivity index (χ1v) is 8.47. The number of hydrogen-bond acceptors (Lipinski definition) is 2. The Morgan fingerprint density at radius 3 is 2.04 bits per heavy atom. The van der Waals surface area contributed by atoms with Crippen molar-refractivity contribution in [3.63, 3.8) is 0 Å². The fraction of sp³-hybridized carbons (Fsp3) is 0.450. The van der Waals surface area contributed by atoms with Gasteiger partial charge in [0, 0.05) is 6.08 Å². The van der Waals surface area contributed by atoms with Crippen LogP contribution in [0.5, 0.6) is 0 Å². The molecule has 0 atom stereocenters. The number of unbranched alkanes of at least 4 members (excludes halogenated alkanes) is 7. The second-order valence-electron chi connectivity index (χ2n) is 5.37. The topological polar surface area (TPSA) is 57.5 Å². The Hall–Kier alpha value is -2.03. The van der Waals surface area contributed by atoms with Gasteiger partial charge >= 0.3 is 5.97 Å². The van der Waals surface area contributed by atoms with E-state index in [9.17, 15) is 9.90 Å². The summed E-state index contributed by atoms with van der Waals surface area (Å²) in [5.41, 5.74) is 0. The van der Waals surface area contributed by atoms with E-state index in [1.54, 1.807) is 30.4 Å². The van der Waals surface area contributed by atoms with Gasteiger partial charge in [0.15, 0.2) is 0 Å². The first kappa shape index (κ1) is 21.0. The van der Waals surface area contributed by atoms with Crippen LogP contribution in [0.15, 0.2) is 60.4 Å². The van der Waals surface area contributed by atoms with E-state index in [0.717, 1.165) is 12.5 Å². The van der Waals surface area contributed by atoms with Crippen molar-refractivity contribution >= 4 is 5.97 Å². The molecule has 0 heterocycles. The third-order valence-corrected chi connectivity index (χ3v) is 3.22. The van der Waals surface area contributed by atoms with Crippen molar-refractivity contribution in [2.24, 2.45) is 0 Å². The second kappa shape index (κ2) is 16.3. The molecule has 0 aliphatic heterocycles. The summed E-state index contributed by atoms with van der Waals surface area (Å²) in [5.74, 6) is -0.805. The van der Waals surface area contributed by atoms with Gasteiger partial charge in [-0.15, -0.1) is 0 Å². The van der Waals surface area contributed by atoms with Crippen molar-refractivity contribution in [1.29, 1.82) is 0 Å². The number of rotatable bonds is 13. The Bertz CT molecular complexity index is 440. The molecule has 0 aromatic carbocycles. The quantitative estimate of drug-likeness (QED) is 0.193. The number of carboxylic acid groups (broad SMARTS) is 1. The van der Waals surface area contributed by atoms with E-state index in [-0.39, 0.29) is 5.76 Å². The van der Waals surface area contributed by atoms with Crippen LogP contribution in [0.1, 0.15) is 58.3 Å². The number of carbonyl (C=O) groups is 1. The second-order valence-corrected chi connectivity index (χ2v) is 5.37. The molecule has 0 radical (unpaired) electrons. The molecular weight excluding hydrogens is 288 g/mol. The minimum absolute atomic E-state index is 0.174. The lowest BCUT2D eigenvalue weighted by atomic mass is 10.1. The normalized spacial score (nSPS) is 13.2. The van der Waals surface area contributed by atoms with Gasteiger partial charge in [0.25, 0.3) is 0 Å². The molecule has 2 N–H and O–H groups in total. The molecule has 3 heteroatoms. The molecule has 0 unspecified atom stereocenters. The number of aliphatic hydroxyl groups is 1. The highest BCUT2D eigenvalue weighted by molar-refractivity contribution is 5.80. The molecule has 0 aromatic rings. The molecule has 0 saturated carbocycles. The van der Waals surface area contributed by atoms with Crippen LogP contribution in [-0.4, -0.2) is 16.2 Å². The maximum absolute atomic E-state index is 10.2. The van der Waals surface area contributed by atoms with Crippen molar-refractivity contribution in [2.75, 3.05) is 0 Å². The summed E-state index contributed by atoms with van der Waals surface area (Å²) in [7, 11) is 0. The molecule has 0 saturated heterocycles. The van der Waals surface area contributed by atoms with Crippen molar-refractivity contribution in [2.45, 2.75) is 58.3 Å². The molecule has 0 fully saturated rings. The Labute approximate surface area is 140 Å². The van der Waals surface area contributed by atoms with Crippen LogP contribution >= 0.6 is 0 Å². The molecule has 0 amide bonds. The minimum Gasteiger partial charge on any atom is -0.508 e. The Morgan fingerprint density at radius 1 is 0.783 bits per heavy atom. The predicted molar refractivity (Wildman–Crippen MR) is 97.5 cm³/mol. The number of allylic oxidation sites excluding steroid dienone is 8. The van der Waals surface area contributed by atoms with Crippen LogP contribution in [0.25, 0.3) is 0 Å². The molecule has 0 aromatic heterocycles. The van der Waals surface area contributed by atoms with Gasteiger partial charge in [0.05, 0.1) is 0 Å². The summed E-state index contributed by atoms with van der Waals surface area (Å²) in [6, 6.07) is 0. The molecule has 0 aliphatic rings. The van der Waals surface area contributed by atoms with Crippen LogP contribution in [-0.2, 0) is 4.79 Å². The van der Waals surface area contributed by atoms with E-state index >= 15 is 0 Å². The van der Waals surface area contributed by atoms with Gasteiger partial charge in [-0.3, -0.25) is 0 Å². The molecular formula is C20H30O3. The van der Waals surface area contributed by atoms with Crippen LogP contribution in [0.4, 0.5) is 0 Å². The lowest BCUT2D eigenvalue weighted by molar-refractivity contribution is -0.131. The van der Waals surface area contributed by atoms with Crippen LogP contribution in [0, 0.1) is 0 Å². The van der Waals surface area contributed by atoms with Crippen LogP contribution < -0.4 is 0 Å². The molecule has 3 nitrogen and oxygen atoms in total. The number of carboxylic acids is 1. The van der Waals surface area contributed by atoms with Gasteiger partial charge < -0.3 is 10.2 Å². The molecule has 0 rings (SSSR count). The van der Waals surface area contributed by atoms with E-state index in [1.807, 2.05) is 6.08 Å². The van der Waals surface area contributed by atoms with Crippen LogP contribution in [0.2, 0.25) is 0 Å². The molecule has 0 aliphatic carbocycles. The standard InChI is InChI=1S/C20H30O3/c1-2-3-4-5-6-7-8-9-10-13-16-19(21)17-14-11-12-15-18-20(22)23/h10-18,21H,2-9H2,1H3,(H,22,23)/b12-11-,13-10-,17-14+,18-15+,19-16-. The van der Waals surface area contributed by atoms with Crippen molar-refractivity contribution in [3.05, 3.63) is 60.4 Å². The molecule has 0 spiro atoms. The highest BCUT2D eigenvalue weighted by atomic mass is 16.4. The lowest BCUT2D eigenvalue weighted by Crippen LogP contribution is -1.84. The smallest absolute Gasteiger partial charge is 0.328 e. The zero-order valence-corrected chi connectivity index (χ0v) is 14.2. The summed E-state index contributed by atoms with van der Waals surface area (Å²) in [5, 5.41) is 18.0. The first-order chi connectivity index (χ1) is 11.2. The van der Waals surface area contributed by atoms with Crippen molar-refractivity contribution in [3.8, 4) is 0 Å². The molecule has 23 heavy (non-hydrogen) atoms. The van der Waals surface area contributed by atoms with Gasteiger partial charge in [-0.25, -0.2) is 4.79 Å². The fourth-order valence-corrected chi connectivity index (χ4v) is 1.96. The van der Waals surface area contributed by atoms with Gasteiger partial charge in [0.2, 0.25) is 0 Å². The monoisotopic (exact) mass is 318 g/mol. The van der Waals surface area contributed by atoms with Gasteiger partial charge in [-0.2, -0.15) is 0 Å². The van der Waals surface area contributed by atoms with Gasteiger partial charge in [-0.05, 0) is 25.0 Å². The third-order valence-electron chi connectivity index (χ3n) is 3.22. The highest BCUT2D eigenvalue weighted by Crippen LogP contribution is 2.08. The predicted octanol–water partition coefficient (Wildman–Crippen LogP) is 5.88. The van der Waals surface area contributed by atoms with Gasteiger partial charge in [-0.1, -0.05) is 81.9 Å². The average Bonchev–Trinajstić information content (AvgIpc) is 2.52. The maximum atomic E-state index is 10.2. The lowest BCUT2D eigenvalue weighted by Gasteiger charge is -1.98. The maximum Gasteiger partial charge on any atom is 0.328 e. The summed E-state index contributed by atoms with van der Waals surface area (Å²) >= 11 is 0. The van der Waals surface area contributed by atoms with Crippen LogP contribution in [0.3, 0.4) is 0 Å². The Kier molecular flexibility index (Phi) is 14.9. The summed E-state index contributed by atoms with van der Waals surface area (Å²) in [4.78, 5) is 10.2. The summed E-state index contributed by atoms with van der Waals surface area (Å²) in [6.07, 6.45) is 24.7. The Morgan fingerprint density at radius 2 is 1.39 bits per heavy atom. The van der Waals surface area contributed by atoms with Crippen molar-refractivity contribution in [1.82, 2.24) is 0 Å². The molecule has 128 valence electrons. The SMILES string of the molecule is CCCCCCCCC\C=C/C=C(O)/C=C/C=C\C=C\C(=O)O. The average molecular weight is 318 g/mol. The fourth-order valence-electron chi connectivity index (χ4n) is 1.96. The summed E-state index contributed by atoms with van der Waals surface area (Å²) < 4.78 is 0. The van der Waals surface area contributed by atoms with E-state index < -0.39 is 5.97 Å². The van der Waals surface area contributed by atoms with Crippen molar-refractivity contribution < 1.29 is 15.0 Å². The van der Waals surface area contributed by atoms with E-state index in [4.69, 9.17) is 5.11 Å². The highest BCUT2D eigenvalue weighted by Gasteiger charge is 1.89. The summed E-state index contributed by atoms with van der Waals surface area (Å²) in [6.45, 7) is 2.23. The third kappa shape index (κ3) is 17.9.